The van der Waals surface area contributed by atoms with Crippen LogP contribution in [0.5, 0.6) is 0 Å². The molecule has 2 aromatic heterocycles. The van der Waals surface area contributed by atoms with Gasteiger partial charge in [-0.1, -0.05) is 6.07 Å². The number of benzene rings is 1. The molecular formula is C20H20FN7O4. The topological polar surface area (TPSA) is 138 Å². The standard InChI is InChI=1S/C20H20FN7O4/c1-27-25-19(24-26-27)17-5-2-12(10-23-17)15-4-3-13(8-16(15)21)28-11-14(32-20(28)30)6-7-31-18(29)9-22/h2-5,8,10,14H,6-7,9,11,22H2,1H3/t14-/m1/s1. The Morgan fingerprint density at radius 3 is 2.84 bits per heavy atom. The number of rotatable bonds is 7. The molecule has 0 unspecified atom stereocenters. The van der Waals surface area contributed by atoms with E-state index < -0.39 is 24.0 Å². The molecule has 1 amide bonds. The fourth-order valence-corrected chi connectivity index (χ4v) is 3.22. The molecule has 11 nitrogen and oxygen atoms in total. The van der Waals surface area contributed by atoms with E-state index in [4.69, 9.17) is 15.2 Å². The van der Waals surface area contributed by atoms with Gasteiger partial charge in [0.1, 0.15) is 17.6 Å². The molecule has 1 atom stereocenters. The van der Waals surface area contributed by atoms with Crippen LogP contribution in [-0.2, 0) is 21.3 Å². The van der Waals surface area contributed by atoms with Crippen LogP contribution in [0.3, 0.4) is 0 Å². The lowest BCUT2D eigenvalue weighted by Gasteiger charge is -2.14. The number of nitrogens with two attached hydrogens (primary N) is 1. The Morgan fingerprint density at radius 1 is 1.34 bits per heavy atom. The highest BCUT2D eigenvalue weighted by Crippen LogP contribution is 2.29. The number of pyridine rings is 1. The van der Waals surface area contributed by atoms with Crippen LogP contribution in [0.1, 0.15) is 6.42 Å². The van der Waals surface area contributed by atoms with Gasteiger partial charge in [0.25, 0.3) is 0 Å². The van der Waals surface area contributed by atoms with E-state index in [0.29, 0.717) is 34.8 Å². The highest BCUT2D eigenvalue weighted by Gasteiger charge is 2.32. The molecule has 166 valence electrons. The van der Waals surface area contributed by atoms with Crippen molar-refractivity contribution in [2.24, 2.45) is 12.8 Å². The van der Waals surface area contributed by atoms with Crippen molar-refractivity contribution in [2.75, 3.05) is 24.6 Å². The molecule has 1 aliphatic heterocycles. The minimum atomic E-state index is -0.588. The number of carbonyl (C=O) groups excluding carboxylic acids is 2. The summed E-state index contributed by atoms with van der Waals surface area (Å²) in [5.74, 6) is -0.670. The van der Waals surface area contributed by atoms with E-state index in [1.54, 1.807) is 31.3 Å². The smallest absolute Gasteiger partial charge is 0.414 e. The van der Waals surface area contributed by atoms with Crippen LogP contribution in [-0.4, -0.2) is 63.1 Å². The maximum atomic E-state index is 14.9. The van der Waals surface area contributed by atoms with Crippen LogP contribution >= 0.6 is 0 Å². The highest BCUT2D eigenvalue weighted by molar-refractivity contribution is 5.90. The molecule has 1 saturated heterocycles. The molecule has 0 aliphatic carbocycles. The number of tetrazole rings is 1. The largest absolute Gasteiger partial charge is 0.465 e. The van der Waals surface area contributed by atoms with Crippen LogP contribution in [0, 0.1) is 5.82 Å². The molecule has 1 fully saturated rings. The van der Waals surface area contributed by atoms with Crippen LogP contribution in [0.25, 0.3) is 22.6 Å². The number of carbonyl (C=O) groups is 2. The minimum Gasteiger partial charge on any atom is -0.465 e. The van der Waals surface area contributed by atoms with E-state index in [1.807, 2.05) is 0 Å². The summed E-state index contributed by atoms with van der Waals surface area (Å²) in [5.41, 5.74) is 6.95. The van der Waals surface area contributed by atoms with Gasteiger partial charge in [0, 0.05) is 23.7 Å². The maximum absolute atomic E-state index is 14.9. The van der Waals surface area contributed by atoms with E-state index in [1.165, 1.54) is 22.0 Å². The molecule has 0 saturated carbocycles. The number of ether oxygens (including phenoxy) is 2. The summed E-state index contributed by atoms with van der Waals surface area (Å²) in [4.78, 5) is 30.2. The van der Waals surface area contributed by atoms with Crippen molar-refractivity contribution >= 4 is 17.7 Å². The predicted octanol–water partition coefficient (Wildman–Crippen LogP) is 1.30. The Bertz CT molecular complexity index is 1140. The molecule has 2 N–H and O–H groups in total. The Labute approximate surface area is 181 Å². The van der Waals surface area contributed by atoms with Crippen LogP contribution in [0.4, 0.5) is 14.9 Å². The number of esters is 1. The third-order valence-electron chi connectivity index (χ3n) is 4.82. The van der Waals surface area contributed by atoms with Crippen molar-refractivity contribution < 1.29 is 23.5 Å². The van der Waals surface area contributed by atoms with Crippen LogP contribution in [0.2, 0.25) is 0 Å². The molecule has 3 heterocycles. The molecule has 12 heteroatoms. The number of nitrogens with zero attached hydrogens (tertiary/aromatic N) is 6. The van der Waals surface area contributed by atoms with Crippen molar-refractivity contribution in [2.45, 2.75) is 12.5 Å². The van der Waals surface area contributed by atoms with Gasteiger partial charge in [-0.05, 0) is 29.5 Å². The fraction of sp³-hybridized carbons (Fsp3) is 0.300. The summed E-state index contributed by atoms with van der Waals surface area (Å²) in [6.45, 7) is 0.0963. The van der Waals surface area contributed by atoms with Gasteiger partial charge >= 0.3 is 12.1 Å². The summed E-state index contributed by atoms with van der Waals surface area (Å²) in [6, 6.07) is 7.87. The van der Waals surface area contributed by atoms with Gasteiger partial charge in [0.15, 0.2) is 0 Å². The first-order chi connectivity index (χ1) is 15.4. The van der Waals surface area contributed by atoms with Gasteiger partial charge in [0.2, 0.25) is 5.82 Å². The monoisotopic (exact) mass is 441 g/mol. The molecule has 1 aliphatic rings. The van der Waals surface area contributed by atoms with Crippen molar-refractivity contribution in [3.63, 3.8) is 0 Å². The molecule has 0 bridgehead atoms. The highest BCUT2D eigenvalue weighted by atomic mass is 19.1. The first-order valence-electron chi connectivity index (χ1n) is 9.79. The lowest BCUT2D eigenvalue weighted by atomic mass is 10.1. The predicted molar refractivity (Wildman–Crippen MR) is 110 cm³/mol. The third kappa shape index (κ3) is 4.54. The van der Waals surface area contributed by atoms with Gasteiger partial charge < -0.3 is 15.2 Å². The van der Waals surface area contributed by atoms with Crippen molar-refractivity contribution in [3.8, 4) is 22.6 Å². The van der Waals surface area contributed by atoms with Crippen molar-refractivity contribution in [1.29, 1.82) is 0 Å². The third-order valence-corrected chi connectivity index (χ3v) is 4.82. The quantitative estimate of drug-likeness (QED) is 0.537. The average Bonchev–Trinajstić information content (AvgIpc) is 3.39. The summed E-state index contributed by atoms with van der Waals surface area (Å²) < 4.78 is 25.0. The van der Waals surface area contributed by atoms with E-state index in [2.05, 4.69) is 20.4 Å². The van der Waals surface area contributed by atoms with Gasteiger partial charge in [0.05, 0.1) is 32.4 Å². The number of halogens is 1. The Balaban J connectivity index is 1.44. The van der Waals surface area contributed by atoms with E-state index in [0.717, 1.165) is 0 Å². The Kier molecular flexibility index (Phi) is 6.03. The first kappa shape index (κ1) is 21.3. The number of hydrogen-bond donors (Lipinski definition) is 1. The zero-order valence-electron chi connectivity index (χ0n) is 17.1. The van der Waals surface area contributed by atoms with Gasteiger partial charge in [-0.3, -0.25) is 14.7 Å². The summed E-state index contributed by atoms with van der Waals surface area (Å²) >= 11 is 0. The number of anilines is 1. The zero-order valence-corrected chi connectivity index (χ0v) is 17.1. The minimum absolute atomic E-state index is 0.0855. The second kappa shape index (κ2) is 9.06. The van der Waals surface area contributed by atoms with E-state index in [9.17, 15) is 14.0 Å². The number of cyclic esters (lactones) is 1. The molecular weight excluding hydrogens is 421 g/mol. The normalized spacial score (nSPS) is 15.7. The van der Waals surface area contributed by atoms with Crippen molar-refractivity contribution in [3.05, 3.63) is 42.3 Å². The summed E-state index contributed by atoms with van der Waals surface area (Å²) in [6.07, 6.45) is 0.789. The van der Waals surface area contributed by atoms with Gasteiger partial charge in [-0.25, -0.2) is 9.18 Å². The average molecular weight is 441 g/mol. The number of hydrogen-bond acceptors (Lipinski definition) is 9. The summed E-state index contributed by atoms with van der Waals surface area (Å²) in [7, 11) is 1.65. The van der Waals surface area contributed by atoms with Gasteiger partial charge in [-0.2, -0.15) is 4.80 Å². The molecule has 0 radical (unpaired) electrons. The molecule has 32 heavy (non-hydrogen) atoms. The lowest BCUT2D eigenvalue weighted by Crippen LogP contribution is -2.25. The molecule has 4 rings (SSSR count). The zero-order chi connectivity index (χ0) is 22.7. The number of aryl methyl sites for hydroxylation is 1. The van der Waals surface area contributed by atoms with Gasteiger partial charge in [-0.15, -0.1) is 10.2 Å². The van der Waals surface area contributed by atoms with E-state index >= 15 is 0 Å². The van der Waals surface area contributed by atoms with E-state index in [-0.39, 0.29) is 19.7 Å². The Hall–Kier alpha value is -3.93. The van der Waals surface area contributed by atoms with Crippen LogP contribution in [0.15, 0.2) is 36.5 Å². The molecule has 3 aromatic rings. The number of aromatic nitrogens is 5. The summed E-state index contributed by atoms with van der Waals surface area (Å²) in [5, 5.41) is 11.7. The number of amides is 1. The second-order valence-corrected chi connectivity index (χ2v) is 7.03. The van der Waals surface area contributed by atoms with Crippen LogP contribution < -0.4 is 10.6 Å². The fourth-order valence-electron chi connectivity index (χ4n) is 3.22. The first-order valence-corrected chi connectivity index (χ1v) is 9.79. The molecule has 0 spiro atoms. The SMILES string of the molecule is Cn1nnc(-c2ccc(-c3ccc(N4C[C@@H](CCOC(=O)CN)OC4=O)cc3F)cn2)n1. The maximum Gasteiger partial charge on any atom is 0.414 e. The second-order valence-electron chi connectivity index (χ2n) is 7.03. The molecule has 1 aromatic carbocycles. The van der Waals surface area contributed by atoms with Crippen molar-refractivity contribution in [1.82, 2.24) is 25.2 Å². The Morgan fingerprint density at radius 2 is 2.19 bits per heavy atom. The lowest BCUT2D eigenvalue weighted by molar-refractivity contribution is -0.142.